The van der Waals surface area contributed by atoms with Gasteiger partial charge in [0.15, 0.2) is 0 Å². The van der Waals surface area contributed by atoms with Gasteiger partial charge in [0.2, 0.25) is 15.9 Å². The van der Waals surface area contributed by atoms with Crippen molar-refractivity contribution >= 4 is 21.6 Å². The van der Waals surface area contributed by atoms with Gasteiger partial charge >= 0.3 is 0 Å². The number of benzene rings is 2. The van der Waals surface area contributed by atoms with Gasteiger partial charge in [-0.15, -0.1) is 0 Å². The average molecular weight is 448 g/mol. The average Bonchev–Trinajstić information content (AvgIpc) is 3.23. The van der Waals surface area contributed by atoms with Crippen LogP contribution < -0.4 is 9.62 Å². The fourth-order valence-electron chi connectivity index (χ4n) is 4.01. The molecule has 1 atom stereocenters. The van der Waals surface area contributed by atoms with Gasteiger partial charge < -0.3 is 5.32 Å². The predicted octanol–water partition coefficient (Wildman–Crippen LogP) is 3.28. The van der Waals surface area contributed by atoms with Gasteiger partial charge in [-0.3, -0.25) is 14.0 Å². The summed E-state index contributed by atoms with van der Waals surface area (Å²) in [4.78, 5) is 15.3. The van der Waals surface area contributed by atoms with Crippen LogP contribution in [0.2, 0.25) is 0 Å². The van der Waals surface area contributed by atoms with Crippen molar-refractivity contribution in [3.05, 3.63) is 65.5 Å². The molecular formula is C23H30FN3O3S. The number of halogens is 1. The SMILES string of the molecule is CC[C@H](C(=O)NCc1cccc(CN2CCCC2)c1)N(c1ccccc1F)S(C)(=O)=O. The second kappa shape index (κ2) is 10.2. The van der Waals surface area contributed by atoms with Crippen LogP contribution >= 0.6 is 0 Å². The monoisotopic (exact) mass is 447 g/mol. The molecule has 1 N–H and O–H groups in total. The normalized spacial score (nSPS) is 15.6. The van der Waals surface area contributed by atoms with Crippen molar-refractivity contribution in [2.75, 3.05) is 23.7 Å². The summed E-state index contributed by atoms with van der Waals surface area (Å²) in [7, 11) is -3.87. The summed E-state index contributed by atoms with van der Waals surface area (Å²) in [6.45, 7) is 5.08. The van der Waals surface area contributed by atoms with E-state index >= 15 is 0 Å². The first-order valence-electron chi connectivity index (χ1n) is 10.6. The second-order valence-corrected chi connectivity index (χ2v) is 9.81. The van der Waals surface area contributed by atoms with E-state index in [0.29, 0.717) is 0 Å². The second-order valence-electron chi connectivity index (χ2n) is 7.96. The van der Waals surface area contributed by atoms with Crippen LogP contribution in [-0.4, -0.2) is 44.6 Å². The number of hydrogen-bond donors (Lipinski definition) is 1. The zero-order valence-electron chi connectivity index (χ0n) is 18.1. The van der Waals surface area contributed by atoms with E-state index in [-0.39, 0.29) is 18.7 Å². The highest BCUT2D eigenvalue weighted by atomic mass is 32.2. The van der Waals surface area contributed by atoms with E-state index in [1.54, 1.807) is 13.0 Å². The van der Waals surface area contributed by atoms with Gasteiger partial charge in [0.05, 0.1) is 11.9 Å². The van der Waals surface area contributed by atoms with Crippen molar-refractivity contribution in [2.24, 2.45) is 0 Å². The molecule has 1 fully saturated rings. The van der Waals surface area contributed by atoms with Gasteiger partial charge in [0.25, 0.3) is 0 Å². The number of amides is 1. The maximum absolute atomic E-state index is 14.4. The molecule has 1 aliphatic heterocycles. The lowest BCUT2D eigenvalue weighted by Crippen LogP contribution is -2.49. The summed E-state index contributed by atoms with van der Waals surface area (Å²) in [5.41, 5.74) is 2.00. The van der Waals surface area contributed by atoms with Crippen molar-refractivity contribution in [3.63, 3.8) is 0 Å². The lowest BCUT2D eigenvalue weighted by Gasteiger charge is -2.30. The number of likely N-dealkylation sites (tertiary alicyclic amines) is 1. The standard InChI is InChI=1S/C23H30FN3O3S/c1-3-21(27(31(2,29)30)22-12-5-4-11-20(22)24)23(28)25-16-18-9-8-10-19(15-18)17-26-13-6-7-14-26/h4-5,8-12,15,21H,3,6-7,13-14,16-17H2,1-2H3,(H,25,28)/t21-/m1/s1. The van der Waals surface area contributed by atoms with Crippen LogP contribution in [0.15, 0.2) is 48.5 Å². The highest BCUT2D eigenvalue weighted by Crippen LogP contribution is 2.25. The molecule has 0 aromatic heterocycles. The first-order chi connectivity index (χ1) is 14.8. The molecule has 1 aliphatic rings. The van der Waals surface area contributed by atoms with Crippen LogP contribution in [0.3, 0.4) is 0 Å². The summed E-state index contributed by atoms with van der Waals surface area (Å²) in [6, 6.07) is 12.6. The molecule has 0 spiro atoms. The van der Waals surface area contributed by atoms with E-state index < -0.39 is 27.8 Å². The molecule has 168 valence electrons. The van der Waals surface area contributed by atoms with Gasteiger partial charge in [-0.1, -0.05) is 43.3 Å². The third-order valence-electron chi connectivity index (χ3n) is 5.48. The van der Waals surface area contributed by atoms with Crippen LogP contribution in [0.25, 0.3) is 0 Å². The molecule has 0 bridgehead atoms. The van der Waals surface area contributed by atoms with Gasteiger partial charge in [-0.05, 0) is 55.6 Å². The third-order valence-corrected chi connectivity index (χ3v) is 6.65. The quantitative estimate of drug-likeness (QED) is 0.641. The minimum Gasteiger partial charge on any atom is -0.350 e. The first kappa shape index (κ1) is 23.2. The van der Waals surface area contributed by atoms with Crippen molar-refractivity contribution in [1.29, 1.82) is 0 Å². The number of carbonyl (C=O) groups is 1. The number of nitrogens with one attached hydrogen (secondary N) is 1. The number of para-hydroxylation sites is 1. The molecule has 2 aromatic carbocycles. The molecule has 1 amide bonds. The number of anilines is 1. The minimum absolute atomic E-state index is 0.125. The molecule has 0 radical (unpaired) electrons. The van der Waals surface area contributed by atoms with Crippen LogP contribution in [0.1, 0.15) is 37.3 Å². The summed E-state index contributed by atoms with van der Waals surface area (Å²) in [6.07, 6.45) is 3.65. The fraction of sp³-hybridized carbons (Fsp3) is 0.435. The van der Waals surface area contributed by atoms with Crippen molar-refractivity contribution < 1.29 is 17.6 Å². The van der Waals surface area contributed by atoms with Crippen LogP contribution in [-0.2, 0) is 27.9 Å². The van der Waals surface area contributed by atoms with Crippen molar-refractivity contribution in [1.82, 2.24) is 10.2 Å². The number of carbonyl (C=O) groups excluding carboxylic acids is 1. The van der Waals surface area contributed by atoms with Crippen LogP contribution in [0.4, 0.5) is 10.1 Å². The molecule has 0 unspecified atom stereocenters. The van der Waals surface area contributed by atoms with Crippen molar-refractivity contribution in [3.8, 4) is 0 Å². The van der Waals surface area contributed by atoms with E-state index in [2.05, 4.69) is 22.3 Å². The van der Waals surface area contributed by atoms with Crippen LogP contribution in [0, 0.1) is 5.82 Å². The Labute approximate surface area is 184 Å². The zero-order chi connectivity index (χ0) is 22.4. The molecule has 0 saturated carbocycles. The fourth-order valence-corrected chi connectivity index (χ4v) is 5.22. The van der Waals surface area contributed by atoms with E-state index in [9.17, 15) is 17.6 Å². The topological polar surface area (TPSA) is 69.7 Å². The van der Waals surface area contributed by atoms with E-state index in [4.69, 9.17) is 0 Å². The Morgan fingerprint density at radius 2 is 1.81 bits per heavy atom. The Morgan fingerprint density at radius 1 is 1.13 bits per heavy atom. The Kier molecular flexibility index (Phi) is 7.67. The Bertz CT molecular complexity index is 1010. The molecular weight excluding hydrogens is 417 g/mol. The van der Waals surface area contributed by atoms with Crippen molar-refractivity contribution in [2.45, 2.75) is 45.3 Å². The number of nitrogens with zero attached hydrogens (tertiary/aromatic N) is 2. The molecule has 8 heteroatoms. The van der Waals surface area contributed by atoms with Crippen LogP contribution in [0.5, 0.6) is 0 Å². The first-order valence-corrected chi connectivity index (χ1v) is 12.5. The molecule has 1 heterocycles. The van der Waals surface area contributed by atoms with E-state index in [1.807, 2.05) is 12.1 Å². The van der Waals surface area contributed by atoms with E-state index in [1.165, 1.54) is 36.6 Å². The number of rotatable bonds is 9. The Hall–Kier alpha value is -2.45. The van der Waals surface area contributed by atoms with Gasteiger partial charge in [0.1, 0.15) is 11.9 Å². The Morgan fingerprint density at radius 3 is 2.45 bits per heavy atom. The summed E-state index contributed by atoms with van der Waals surface area (Å²) in [5.74, 6) is -1.14. The summed E-state index contributed by atoms with van der Waals surface area (Å²) < 4.78 is 40.1. The lowest BCUT2D eigenvalue weighted by atomic mass is 10.1. The van der Waals surface area contributed by atoms with Gasteiger partial charge in [0, 0.05) is 13.1 Å². The molecule has 1 saturated heterocycles. The highest BCUT2D eigenvalue weighted by molar-refractivity contribution is 7.92. The molecule has 0 aliphatic carbocycles. The highest BCUT2D eigenvalue weighted by Gasteiger charge is 2.32. The zero-order valence-corrected chi connectivity index (χ0v) is 18.9. The summed E-state index contributed by atoms with van der Waals surface area (Å²) in [5, 5.41) is 2.83. The predicted molar refractivity (Wildman–Crippen MR) is 121 cm³/mol. The Balaban J connectivity index is 1.72. The maximum atomic E-state index is 14.4. The maximum Gasteiger partial charge on any atom is 0.244 e. The van der Waals surface area contributed by atoms with Gasteiger partial charge in [-0.25, -0.2) is 12.8 Å². The molecule has 2 aromatic rings. The van der Waals surface area contributed by atoms with E-state index in [0.717, 1.165) is 35.8 Å². The largest absolute Gasteiger partial charge is 0.350 e. The minimum atomic E-state index is -3.87. The molecule has 3 rings (SSSR count). The molecule has 31 heavy (non-hydrogen) atoms. The molecule has 6 nitrogen and oxygen atoms in total. The van der Waals surface area contributed by atoms with Gasteiger partial charge in [-0.2, -0.15) is 0 Å². The third kappa shape index (κ3) is 6.04. The number of hydrogen-bond acceptors (Lipinski definition) is 4. The smallest absolute Gasteiger partial charge is 0.244 e. The summed E-state index contributed by atoms with van der Waals surface area (Å²) >= 11 is 0. The number of sulfonamides is 1. The lowest BCUT2D eigenvalue weighted by molar-refractivity contribution is -0.122.